The lowest BCUT2D eigenvalue weighted by Crippen LogP contribution is -2.28. The summed E-state index contributed by atoms with van der Waals surface area (Å²) in [4.78, 5) is 0. The Morgan fingerprint density at radius 3 is 2.38 bits per heavy atom. The Morgan fingerprint density at radius 2 is 1.85 bits per heavy atom. The highest BCUT2D eigenvalue weighted by Gasteiger charge is 1.96. The molecule has 1 aromatic heterocycles. The van der Waals surface area contributed by atoms with Crippen LogP contribution in [-0.2, 0) is 7.05 Å². The van der Waals surface area contributed by atoms with E-state index in [2.05, 4.69) is 18.3 Å². The third-order valence-corrected chi connectivity index (χ3v) is 1.87. The van der Waals surface area contributed by atoms with Gasteiger partial charge in [-0.25, -0.2) is 0 Å². The molecule has 1 rings (SSSR count). The van der Waals surface area contributed by atoms with Crippen molar-refractivity contribution >= 4 is 12.2 Å². The van der Waals surface area contributed by atoms with Gasteiger partial charge in [0, 0.05) is 12.3 Å². The molecule has 68 valence electrons. The molecule has 0 atom stereocenters. The average molecular weight is 174 g/mol. The Bertz CT molecular complexity index is 395. The van der Waals surface area contributed by atoms with Crippen LogP contribution in [0.25, 0.3) is 12.2 Å². The first-order chi connectivity index (χ1) is 6.20. The van der Waals surface area contributed by atoms with E-state index in [1.165, 1.54) is 0 Å². The van der Waals surface area contributed by atoms with Gasteiger partial charge in [-0.3, -0.25) is 4.68 Å². The predicted molar refractivity (Wildman–Crippen MR) is 56.5 cm³/mol. The van der Waals surface area contributed by atoms with Crippen LogP contribution in [-0.4, -0.2) is 9.78 Å². The Balaban J connectivity index is 3.66. The van der Waals surface area contributed by atoms with Crippen LogP contribution >= 0.6 is 0 Å². The molecule has 1 heterocycles. The molecular weight excluding hydrogens is 160 g/mol. The van der Waals surface area contributed by atoms with Crippen LogP contribution in [0.15, 0.2) is 25.3 Å². The molecule has 0 aromatic carbocycles. The Morgan fingerprint density at radius 1 is 1.23 bits per heavy atom. The van der Waals surface area contributed by atoms with Gasteiger partial charge in [0.1, 0.15) is 0 Å². The molecule has 1 aromatic rings. The zero-order valence-electron chi connectivity index (χ0n) is 8.12. The summed E-state index contributed by atoms with van der Waals surface area (Å²) in [5.74, 6) is 0. The molecule has 0 aliphatic rings. The monoisotopic (exact) mass is 174 g/mol. The fourth-order valence-electron chi connectivity index (χ4n) is 1.33. The molecule has 0 spiro atoms. The molecule has 0 bridgehead atoms. The fraction of sp³-hybridized carbons (Fsp3) is 0.182. The van der Waals surface area contributed by atoms with Crippen LogP contribution in [0.4, 0.5) is 0 Å². The van der Waals surface area contributed by atoms with Gasteiger partial charge < -0.3 is 0 Å². The van der Waals surface area contributed by atoms with E-state index in [0.29, 0.717) is 0 Å². The maximum absolute atomic E-state index is 4.31. The molecule has 0 aliphatic heterocycles. The van der Waals surface area contributed by atoms with E-state index in [1.54, 1.807) is 12.2 Å². The van der Waals surface area contributed by atoms with Gasteiger partial charge in [-0.2, -0.15) is 5.10 Å². The maximum atomic E-state index is 4.31. The molecule has 0 unspecified atom stereocenters. The Labute approximate surface area is 78.2 Å². The van der Waals surface area contributed by atoms with Crippen LogP contribution in [0.2, 0.25) is 0 Å². The second-order valence-electron chi connectivity index (χ2n) is 2.81. The smallest absolute Gasteiger partial charge is 0.0681 e. The SMILES string of the molecule is C=C/C=c1/c(C)nn(C)/c1=C/C=C. The van der Waals surface area contributed by atoms with E-state index in [1.807, 2.05) is 30.8 Å². The van der Waals surface area contributed by atoms with E-state index in [-0.39, 0.29) is 0 Å². The first-order valence-electron chi connectivity index (χ1n) is 4.15. The number of allylic oxidation sites excluding steroid dienone is 2. The van der Waals surface area contributed by atoms with E-state index < -0.39 is 0 Å². The minimum absolute atomic E-state index is 1.01. The number of nitrogens with zero attached hydrogens (tertiary/aromatic N) is 2. The van der Waals surface area contributed by atoms with Gasteiger partial charge in [-0.15, -0.1) is 0 Å². The largest absolute Gasteiger partial charge is 0.268 e. The van der Waals surface area contributed by atoms with Crippen molar-refractivity contribution in [3.8, 4) is 0 Å². The molecule has 2 heteroatoms. The van der Waals surface area contributed by atoms with Crippen molar-refractivity contribution < 1.29 is 0 Å². The topological polar surface area (TPSA) is 17.8 Å². The van der Waals surface area contributed by atoms with Crippen molar-refractivity contribution in [2.75, 3.05) is 0 Å². The van der Waals surface area contributed by atoms with E-state index >= 15 is 0 Å². The zero-order chi connectivity index (χ0) is 9.84. The highest BCUT2D eigenvalue weighted by molar-refractivity contribution is 5.41. The first kappa shape index (κ1) is 9.52. The van der Waals surface area contributed by atoms with Crippen LogP contribution in [0.5, 0.6) is 0 Å². The first-order valence-corrected chi connectivity index (χ1v) is 4.15. The summed E-state index contributed by atoms with van der Waals surface area (Å²) in [6.07, 6.45) is 7.42. The fourth-order valence-corrected chi connectivity index (χ4v) is 1.33. The lowest BCUT2D eigenvalue weighted by Gasteiger charge is -1.85. The molecule has 0 saturated carbocycles. The lowest BCUT2D eigenvalue weighted by molar-refractivity contribution is 0.734. The summed E-state index contributed by atoms with van der Waals surface area (Å²) >= 11 is 0. The minimum Gasteiger partial charge on any atom is -0.268 e. The van der Waals surface area contributed by atoms with Crippen LogP contribution in [0.1, 0.15) is 5.69 Å². The zero-order valence-corrected chi connectivity index (χ0v) is 8.12. The molecule has 13 heavy (non-hydrogen) atoms. The number of hydrogen-bond donors (Lipinski definition) is 0. The molecule has 2 nitrogen and oxygen atoms in total. The van der Waals surface area contributed by atoms with Crippen molar-refractivity contribution in [1.82, 2.24) is 9.78 Å². The maximum Gasteiger partial charge on any atom is 0.0681 e. The predicted octanol–water partition coefficient (Wildman–Crippen LogP) is 0.662. The summed E-state index contributed by atoms with van der Waals surface area (Å²) in [5, 5.41) is 6.48. The number of hydrogen-bond acceptors (Lipinski definition) is 1. The van der Waals surface area contributed by atoms with Crippen molar-refractivity contribution in [2.45, 2.75) is 6.92 Å². The van der Waals surface area contributed by atoms with Crippen LogP contribution in [0, 0.1) is 6.92 Å². The summed E-state index contributed by atoms with van der Waals surface area (Å²) in [7, 11) is 1.92. The van der Waals surface area contributed by atoms with E-state index in [4.69, 9.17) is 0 Å². The second kappa shape index (κ2) is 3.90. The Kier molecular flexibility index (Phi) is 2.85. The van der Waals surface area contributed by atoms with Gasteiger partial charge in [-0.05, 0) is 13.0 Å². The number of rotatable bonds is 2. The van der Waals surface area contributed by atoms with Gasteiger partial charge in [0.2, 0.25) is 0 Å². The van der Waals surface area contributed by atoms with Gasteiger partial charge in [0.05, 0.1) is 11.0 Å². The second-order valence-corrected chi connectivity index (χ2v) is 2.81. The van der Waals surface area contributed by atoms with Gasteiger partial charge >= 0.3 is 0 Å². The van der Waals surface area contributed by atoms with Crippen LogP contribution < -0.4 is 10.6 Å². The van der Waals surface area contributed by atoms with Gasteiger partial charge in [0.15, 0.2) is 0 Å². The summed E-state index contributed by atoms with van der Waals surface area (Å²) in [5.41, 5.74) is 1.01. The average Bonchev–Trinajstić information content (AvgIpc) is 2.33. The van der Waals surface area contributed by atoms with Crippen molar-refractivity contribution in [1.29, 1.82) is 0 Å². The molecule has 0 saturated heterocycles. The third kappa shape index (κ3) is 1.78. The number of aromatic nitrogens is 2. The molecule has 0 radical (unpaired) electrons. The molecule has 0 amide bonds. The summed E-state index contributed by atoms with van der Waals surface area (Å²) in [6.45, 7) is 9.33. The number of aryl methyl sites for hydroxylation is 2. The van der Waals surface area contributed by atoms with Crippen molar-refractivity contribution in [3.63, 3.8) is 0 Å². The normalized spacial score (nSPS) is 13.4. The van der Waals surface area contributed by atoms with Gasteiger partial charge in [-0.1, -0.05) is 31.4 Å². The molecular formula is C11H14N2. The minimum atomic E-state index is 1.01. The van der Waals surface area contributed by atoms with Crippen molar-refractivity contribution in [3.05, 3.63) is 41.6 Å². The van der Waals surface area contributed by atoms with E-state index in [9.17, 15) is 0 Å². The van der Waals surface area contributed by atoms with Gasteiger partial charge in [0.25, 0.3) is 0 Å². The highest BCUT2D eigenvalue weighted by atomic mass is 15.3. The molecule has 0 aliphatic carbocycles. The standard InChI is InChI=1S/C11H14N2/c1-5-7-10-9(3)12-13(4)11(10)8-6-2/h5-8H,1-2H2,3-4H3/b10-7-,11-8+. The third-order valence-electron chi connectivity index (χ3n) is 1.87. The van der Waals surface area contributed by atoms with E-state index in [0.717, 1.165) is 16.3 Å². The van der Waals surface area contributed by atoms with Crippen LogP contribution in [0.3, 0.4) is 0 Å². The highest BCUT2D eigenvalue weighted by Crippen LogP contribution is 1.78. The summed E-state index contributed by atoms with van der Waals surface area (Å²) in [6, 6.07) is 0. The molecule has 0 fully saturated rings. The lowest BCUT2D eigenvalue weighted by atomic mass is 10.3. The Hall–Kier alpha value is -1.57. The van der Waals surface area contributed by atoms with Crippen molar-refractivity contribution in [2.24, 2.45) is 7.05 Å². The molecule has 0 N–H and O–H groups in total. The summed E-state index contributed by atoms with van der Waals surface area (Å²) < 4.78 is 1.84. The quantitative estimate of drug-likeness (QED) is 0.644.